The number of hydrogen-bond donors (Lipinski definition) is 1. The van der Waals surface area contributed by atoms with Crippen LogP contribution in [0.1, 0.15) is 68.5 Å². The van der Waals surface area contributed by atoms with E-state index < -0.39 is 0 Å². The number of amides is 1. The highest BCUT2D eigenvalue weighted by molar-refractivity contribution is 5.85. The van der Waals surface area contributed by atoms with Crippen molar-refractivity contribution in [3.8, 4) is 0 Å². The lowest BCUT2D eigenvalue weighted by Crippen LogP contribution is -2.36. The van der Waals surface area contributed by atoms with Gasteiger partial charge in [0.1, 0.15) is 6.54 Å². The third-order valence-electron chi connectivity index (χ3n) is 5.37. The minimum Gasteiger partial charge on any atom is -0.352 e. The van der Waals surface area contributed by atoms with Crippen molar-refractivity contribution < 1.29 is 4.79 Å². The van der Waals surface area contributed by atoms with Crippen molar-refractivity contribution in [1.29, 1.82) is 0 Å². The zero-order valence-corrected chi connectivity index (χ0v) is 14.4. The Bertz CT molecular complexity index is 739. The topological polar surface area (TPSA) is 59.8 Å². The van der Waals surface area contributed by atoms with E-state index in [2.05, 4.69) is 21.5 Å². The molecule has 0 spiro atoms. The van der Waals surface area contributed by atoms with Gasteiger partial charge in [-0.15, -0.1) is 0 Å². The van der Waals surface area contributed by atoms with Crippen LogP contribution in [0.25, 0.3) is 11.0 Å². The van der Waals surface area contributed by atoms with E-state index in [4.69, 9.17) is 0 Å². The predicted octanol–water partition coefficient (Wildman–Crippen LogP) is 3.46. The lowest BCUT2D eigenvalue weighted by molar-refractivity contribution is -0.122. The fourth-order valence-electron chi connectivity index (χ4n) is 3.99. The first kappa shape index (κ1) is 15.6. The van der Waals surface area contributed by atoms with Gasteiger partial charge in [0, 0.05) is 17.6 Å². The average Bonchev–Trinajstić information content (AvgIpc) is 3.38. The highest BCUT2D eigenvalue weighted by Crippen LogP contribution is 2.43. The highest BCUT2D eigenvalue weighted by atomic mass is 16.2. The molecule has 0 aromatic carbocycles. The van der Waals surface area contributed by atoms with Gasteiger partial charge in [-0.1, -0.05) is 25.7 Å². The summed E-state index contributed by atoms with van der Waals surface area (Å²) in [5.74, 6) is 0.719. The quantitative estimate of drug-likeness (QED) is 0.875. The van der Waals surface area contributed by atoms with E-state index in [-0.39, 0.29) is 12.5 Å². The first-order valence-corrected chi connectivity index (χ1v) is 9.34. The number of carbonyl (C=O) groups excluding carboxylic acids is 1. The molecule has 2 aromatic rings. The standard InChI is InChI=1S/C19H26N4O/c1-13-18-16(14-8-9-14)10-11-20-19(18)23(22-13)12-17(24)21-15-6-4-2-3-5-7-15/h10-11,14-15H,2-9,12H2,1H3,(H,21,24). The van der Waals surface area contributed by atoms with Gasteiger partial charge in [0.2, 0.25) is 5.91 Å². The van der Waals surface area contributed by atoms with Crippen LogP contribution in [0.2, 0.25) is 0 Å². The highest BCUT2D eigenvalue weighted by Gasteiger charge is 2.28. The Hall–Kier alpha value is -1.91. The number of rotatable bonds is 4. The van der Waals surface area contributed by atoms with E-state index in [1.807, 2.05) is 13.1 Å². The van der Waals surface area contributed by atoms with Crippen LogP contribution in [-0.4, -0.2) is 26.7 Å². The molecular weight excluding hydrogens is 300 g/mol. The molecule has 4 rings (SSSR count). The summed E-state index contributed by atoms with van der Waals surface area (Å²) < 4.78 is 1.78. The van der Waals surface area contributed by atoms with E-state index in [0.29, 0.717) is 12.0 Å². The predicted molar refractivity (Wildman–Crippen MR) is 93.9 cm³/mol. The number of aryl methyl sites for hydroxylation is 1. The largest absolute Gasteiger partial charge is 0.352 e. The average molecular weight is 326 g/mol. The fraction of sp³-hybridized carbons (Fsp3) is 0.632. The van der Waals surface area contributed by atoms with Gasteiger partial charge in [0.05, 0.1) is 5.69 Å². The zero-order chi connectivity index (χ0) is 16.5. The first-order valence-electron chi connectivity index (χ1n) is 9.34. The van der Waals surface area contributed by atoms with Gasteiger partial charge in [-0.2, -0.15) is 5.10 Å². The number of hydrogen-bond acceptors (Lipinski definition) is 3. The number of fused-ring (bicyclic) bond motifs is 1. The molecule has 0 unspecified atom stereocenters. The second-order valence-electron chi connectivity index (χ2n) is 7.37. The molecule has 2 aliphatic carbocycles. The van der Waals surface area contributed by atoms with Crippen molar-refractivity contribution in [3.63, 3.8) is 0 Å². The molecule has 0 saturated heterocycles. The van der Waals surface area contributed by atoms with E-state index in [1.54, 1.807) is 4.68 Å². The summed E-state index contributed by atoms with van der Waals surface area (Å²) in [4.78, 5) is 17.0. The molecule has 128 valence electrons. The molecule has 2 aromatic heterocycles. The number of nitrogens with one attached hydrogen (secondary N) is 1. The SMILES string of the molecule is Cc1nn(CC(=O)NC2CCCCCC2)c2nccc(C3CC3)c12. The Balaban J connectivity index is 1.52. The Morgan fingerprint density at radius 2 is 1.96 bits per heavy atom. The molecule has 2 fully saturated rings. The molecule has 1 amide bonds. The Kier molecular flexibility index (Phi) is 4.25. The van der Waals surface area contributed by atoms with Crippen LogP contribution < -0.4 is 5.32 Å². The van der Waals surface area contributed by atoms with Crippen molar-refractivity contribution in [2.45, 2.75) is 76.8 Å². The molecular formula is C19H26N4O. The van der Waals surface area contributed by atoms with E-state index in [1.165, 1.54) is 44.1 Å². The van der Waals surface area contributed by atoms with Crippen molar-refractivity contribution in [2.24, 2.45) is 0 Å². The second-order valence-corrected chi connectivity index (χ2v) is 7.37. The van der Waals surface area contributed by atoms with E-state index >= 15 is 0 Å². The maximum atomic E-state index is 12.5. The molecule has 2 aliphatic rings. The number of carbonyl (C=O) groups is 1. The van der Waals surface area contributed by atoms with Gasteiger partial charge in [-0.05, 0) is 50.2 Å². The van der Waals surface area contributed by atoms with Crippen molar-refractivity contribution >= 4 is 16.9 Å². The lowest BCUT2D eigenvalue weighted by Gasteiger charge is -2.16. The van der Waals surface area contributed by atoms with Crippen molar-refractivity contribution in [1.82, 2.24) is 20.1 Å². The third-order valence-corrected chi connectivity index (χ3v) is 5.37. The molecule has 5 nitrogen and oxygen atoms in total. The maximum absolute atomic E-state index is 12.5. The minimum atomic E-state index is 0.0601. The minimum absolute atomic E-state index is 0.0601. The summed E-state index contributed by atoms with van der Waals surface area (Å²) in [6.07, 6.45) is 11.6. The summed E-state index contributed by atoms with van der Waals surface area (Å²) in [6.45, 7) is 2.29. The van der Waals surface area contributed by atoms with Crippen molar-refractivity contribution in [2.75, 3.05) is 0 Å². The van der Waals surface area contributed by atoms with E-state index in [0.717, 1.165) is 29.6 Å². The van der Waals surface area contributed by atoms with Gasteiger partial charge in [0.25, 0.3) is 0 Å². The van der Waals surface area contributed by atoms with Gasteiger partial charge >= 0.3 is 0 Å². The molecule has 0 aliphatic heterocycles. The molecule has 1 N–H and O–H groups in total. The third kappa shape index (κ3) is 3.17. The van der Waals surface area contributed by atoms with Crippen LogP contribution >= 0.6 is 0 Å². The van der Waals surface area contributed by atoms with Gasteiger partial charge < -0.3 is 5.32 Å². The summed E-state index contributed by atoms with van der Waals surface area (Å²) >= 11 is 0. The lowest BCUT2D eigenvalue weighted by atomic mass is 10.1. The number of nitrogens with zero attached hydrogens (tertiary/aromatic N) is 3. The van der Waals surface area contributed by atoms with Crippen LogP contribution in [0, 0.1) is 6.92 Å². The van der Waals surface area contributed by atoms with Gasteiger partial charge in [0.15, 0.2) is 5.65 Å². The first-order chi connectivity index (χ1) is 11.7. The summed E-state index contributed by atoms with van der Waals surface area (Å²) in [5.41, 5.74) is 3.20. The van der Waals surface area contributed by atoms with Gasteiger partial charge in [-0.3, -0.25) is 4.79 Å². The molecule has 0 bridgehead atoms. The Labute approximate surface area is 142 Å². The zero-order valence-electron chi connectivity index (χ0n) is 14.4. The molecule has 0 atom stereocenters. The van der Waals surface area contributed by atoms with Crippen molar-refractivity contribution in [3.05, 3.63) is 23.5 Å². The smallest absolute Gasteiger partial charge is 0.242 e. The number of aromatic nitrogens is 3. The summed E-state index contributed by atoms with van der Waals surface area (Å²) in [6, 6.07) is 2.45. The normalized spacial score (nSPS) is 19.4. The van der Waals surface area contributed by atoms with Crippen LogP contribution in [0.3, 0.4) is 0 Å². The second kappa shape index (κ2) is 6.54. The summed E-state index contributed by atoms with van der Waals surface area (Å²) in [5, 5.41) is 8.96. The fourth-order valence-corrected chi connectivity index (χ4v) is 3.99. The maximum Gasteiger partial charge on any atom is 0.242 e. The van der Waals surface area contributed by atoms with Gasteiger partial charge in [-0.25, -0.2) is 9.67 Å². The Morgan fingerprint density at radius 1 is 1.21 bits per heavy atom. The van der Waals surface area contributed by atoms with Crippen LogP contribution in [0.4, 0.5) is 0 Å². The summed E-state index contributed by atoms with van der Waals surface area (Å²) in [7, 11) is 0. The number of pyridine rings is 1. The molecule has 24 heavy (non-hydrogen) atoms. The van der Waals surface area contributed by atoms with Crippen LogP contribution in [0.5, 0.6) is 0 Å². The van der Waals surface area contributed by atoms with Crippen LogP contribution in [-0.2, 0) is 11.3 Å². The van der Waals surface area contributed by atoms with E-state index in [9.17, 15) is 4.79 Å². The monoisotopic (exact) mass is 326 g/mol. The molecule has 5 heteroatoms. The van der Waals surface area contributed by atoms with Crippen LogP contribution in [0.15, 0.2) is 12.3 Å². The molecule has 2 heterocycles. The molecule has 2 saturated carbocycles. The Morgan fingerprint density at radius 3 is 2.67 bits per heavy atom. The molecule has 0 radical (unpaired) electrons.